The smallest absolute Gasteiger partial charge is 0.267 e. The number of benzene rings is 2. The van der Waals surface area contributed by atoms with Gasteiger partial charge in [-0.15, -0.1) is 0 Å². The number of thiocarbonyl (C=S) groups is 1. The maximum Gasteiger partial charge on any atom is 0.267 e. The number of hydrogen-bond donors (Lipinski definition) is 1. The lowest BCUT2D eigenvalue weighted by molar-refractivity contribution is -0.121. The average Bonchev–Trinajstić information content (AvgIpc) is 2.83. The molecule has 0 saturated carbocycles. The topological polar surface area (TPSA) is 32.3 Å². The summed E-state index contributed by atoms with van der Waals surface area (Å²) in [5, 5.41) is 3.27. The Hall–Kier alpha value is -2.18. The summed E-state index contributed by atoms with van der Waals surface area (Å²) in [6.07, 6.45) is 1.67. The number of nitrogens with one attached hydrogen (secondary N) is 1. The lowest BCUT2D eigenvalue weighted by Crippen LogP contribution is -2.33. The number of aryl methyl sites for hydroxylation is 1. The molecule has 1 aliphatic heterocycles. The van der Waals surface area contributed by atoms with Gasteiger partial charge in [0.2, 0.25) is 0 Å². The quantitative estimate of drug-likeness (QED) is 0.622. The third-order valence-electron chi connectivity index (χ3n) is 4.05. The van der Waals surface area contributed by atoms with Crippen LogP contribution in [0.25, 0.3) is 6.08 Å². The first kappa shape index (κ1) is 17.6. The van der Waals surface area contributed by atoms with E-state index < -0.39 is 0 Å². The predicted molar refractivity (Wildman–Crippen MR) is 106 cm³/mol. The van der Waals surface area contributed by atoms with E-state index in [9.17, 15) is 9.18 Å². The molecule has 1 aliphatic rings. The van der Waals surface area contributed by atoms with Gasteiger partial charge in [-0.1, -0.05) is 48.2 Å². The number of nitrogens with zero attached hydrogens (tertiary/aromatic N) is 1. The molecule has 3 rings (SSSR count). The molecule has 1 N–H and O–H groups in total. The Morgan fingerprint density at radius 1 is 1.24 bits per heavy atom. The fourth-order valence-corrected chi connectivity index (χ4v) is 3.75. The van der Waals surface area contributed by atoms with Gasteiger partial charge in [0.05, 0.1) is 11.6 Å². The standard InChI is InChI=1S/C19H17FN2OS2/c1-12-5-3-8-16(13(12)2)21-11-22-18(23)17(25-19(22)24)10-14-6-4-7-15(20)9-14/h3-10,21H,11H2,1-2H3/b17-10+. The lowest BCUT2D eigenvalue weighted by atomic mass is 10.1. The van der Waals surface area contributed by atoms with Gasteiger partial charge < -0.3 is 5.32 Å². The molecule has 0 atom stereocenters. The minimum Gasteiger partial charge on any atom is -0.367 e. The third-order valence-corrected chi connectivity index (χ3v) is 5.43. The summed E-state index contributed by atoms with van der Waals surface area (Å²) in [7, 11) is 0. The van der Waals surface area contributed by atoms with Crippen molar-refractivity contribution < 1.29 is 9.18 Å². The van der Waals surface area contributed by atoms with Crippen LogP contribution >= 0.6 is 24.0 Å². The first-order valence-electron chi connectivity index (χ1n) is 7.77. The van der Waals surface area contributed by atoms with Crippen molar-refractivity contribution in [3.8, 4) is 0 Å². The molecule has 6 heteroatoms. The van der Waals surface area contributed by atoms with E-state index in [0.29, 0.717) is 21.5 Å². The van der Waals surface area contributed by atoms with E-state index >= 15 is 0 Å². The van der Waals surface area contributed by atoms with Crippen molar-refractivity contribution in [1.82, 2.24) is 4.90 Å². The van der Waals surface area contributed by atoms with Gasteiger partial charge in [0, 0.05) is 5.69 Å². The van der Waals surface area contributed by atoms with Crippen molar-refractivity contribution >= 4 is 46.0 Å². The molecule has 1 heterocycles. The molecule has 1 saturated heterocycles. The van der Waals surface area contributed by atoms with Crippen LogP contribution in [-0.4, -0.2) is 21.8 Å². The zero-order valence-corrected chi connectivity index (χ0v) is 15.5. The summed E-state index contributed by atoms with van der Waals surface area (Å²) in [4.78, 5) is 14.6. The SMILES string of the molecule is Cc1cccc(NCN2C(=O)/C(=C\c3cccc(F)c3)SC2=S)c1C. The van der Waals surface area contributed by atoms with Crippen LogP contribution in [0, 0.1) is 19.7 Å². The van der Waals surface area contributed by atoms with Crippen LogP contribution in [0.15, 0.2) is 47.4 Å². The molecule has 1 amide bonds. The van der Waals surface area contributed by atoms with Gasteiger partial charge in [-0.05, 0) is 54.8 Å². The molecule has 0 aromatic heterocycles. The number of rotatable bonds is 4. The summed E-state index contributed by atoms with van der Waals surface area (Å²) in [5.41, 5.74) is 3.94. The van der Waals surface area contributed by atoms with Gasteiger partial charge in [0.25, 0.3) is 5.91 Å². The molecule has 3 nitrogen and oxygen atoms in total. The molecule has 0 unspecified atom stereocenters. The third kappa shape index (κ3) is 3.91. The van der Waals surface area contributed by atoms with Crippen molar-refractivity contribution in [2.75, 3.05) is 12.0 Å². The summed E-state index contributed by atoms with van der Waals surface area (Å²) in [6, 6.07) is 12.1. The largest absolute Gasteiger partial charge is 0.367 e. The highest BCUT2D eigenvalue weighted by Crippen LogP contribution is 2.32. The Kier molecular flexibility index (Phi) is 5.20. The highest BCUT2D eigenvalue weighted by molar-refractivity contribution is 8.26. The summed E-state index contributed by atoms with van der Waals surface area (Å²) in [5.74, 6) is -0.502. The van der Waals surface area contributed by atoms with Gasteiger partial charge in [0.1, 0.15) is 10.1 Å². The van der Waals surface area contributed by atoms with Gasteiger partial charge in [-0.2, -0.15) is 0 Å². The second-order valence-corrected chi connectivity index (χ2v) is 7.42. The van der Waals surface area contributed by atoms with Gasteiger partial charge in [0.15, 0.2) is 0 Å². The highest BCUT2D eigenvalue weighted by Gasteiger charge is 2.31. The number of amides is 1. The second kappa shape index (κ2) is 7.37. The zero-order valence-electron chi connectivity index (χ0n) is 13.9. The van der Waals surface area contributed by atoms with Crippen LogP contribution in [0.3, 0.4) is 0 Å². The Labute approximate surface area is 155 Å². The van der Waals surface area contributed by atoms with Crippen molar-refractivity contribution in [3.05, 3.63) is 69.9 Å². The molecule has 128 valence electrons. The van der Waals surface area contributed by atoms with Crippen LogP contribution in [0.4, 0.5) is 10.1 Å². The lowest BCUT2D eigenvalue weighted by Gasteiger charge is -2.18. The van der Waals surface area contributed by atoms with E-state index in [2.05, 4.69) is 5.32 Å². The maximum absolute atomic E-state index is 13.3. The van der Waals surface area contributed by atoms with Gasteiger partial charge in [-0.25, -0.2) is 4.39 Å². The molecule has 0 bridgehead atoms. The van der Waals surface area contributed by atoms with E-state index in [0.717, 1.165) is 11.3 Å². The zero-order chi connectivity index (χ0) is 18.0. The van der Waals surface area contributed by atoms with E-state index in [1.54, 1.807) is 18.2 Å². The molecule has 2 aromatic carbocycles. The first-order chi connectivity index (χ1) is 12.0. The average molecular weight is 372 g/mol. The summed E-state index contributed by atoms with van der Waals surface area (Å²) < 4.78 is 13.8. The van der Waals surface area contributed by atoms with Crippen molar-refractivity contribution in [2.24, 2.45) is 0 Å². The van der Waals surface area contributed by atoms with Crippen LogP contribution in [0.1, 0.15) is 16.7 Å². The predicted octanol–water partition coefficient (Wildman–Crippen LogP) is 4.71. The normalized spacial score (nSPS) is 16.0. The Balaban J connectivity index is 1.74. The molecule has 1 fully saturated rings. The molecular formula is C19H17FN2OS2. The second-order valence-electron chi connectivity index (χ2n) is 5.75. The van der Waals surface area contributed by atoms with E-state index in [4.69, 9.17) is 12.2 Å². The fourth-order valence-electron chi connectivity index (χ4n) is 2.49. The van der Waals surface area contributed by atoms with Crippen molar-refractivity contribution in [3.63, 3.8) is 0 Å². The Morgan fingerprint density at radius 2 is 2.00 bits per heavy atom. The van der Waals surface area contributed by atoms with Crippen molar-refractivity contribution in [2.45, 2.75) is 13.8 Å². The molecule has 25 heavy (non-hydrogen) atoms. The molecule has 0 radical (unpaired) electrons. The van der Waals surface area contributed by atoms with E-state index in [1.165, 1.54) is 34.4 Å². The first-order valence-corrected chi connectivity index (χ1v) is 8.99. The van der Waals surface area contributed by atoms with Gasteiger partial charge >= 0.3 is 0 Å². The maximum atomic E-state index is 13.3. The van der Waals surface area contributed by atoms with E-state index in [-0.39, 0.29) is 11.7 Å². The van der Waals surface area contributed by atoms with Crippen LogP contribution in [-0.2, 0) is 4.79 Å². The number of carbonyl (C=O) groups is 1. The molecule has 0 spiro atoms. The Bertz CT molecular complexity index is 879. The monoisotopic (exact) mass is 372 g/mol. The van der Waals surface area contributed by atoms with Crippen LogP contribution < -0.4 is 5.32 Å². The van der Waals surface area contributed by atoms with E-state index in [1.807, 2.05) is 32.0 Å². The summed E-state index contributed by atoms with van der Waals surface area (Å²) >= 11 is 6.56. The Morgan fingerprint density at radius 3 is 2.76 bits per heavy atom. The number of carbonyl (C=O) groups excluding carboxylic acids is 1. The van der Waals surface area contributed by atoms with Crippen LogP contribution in [0.5, 0.6) is 0 Å². The van der Waals surface area contributed by atoms with Gasteiger partial charge in [-0.3, -0.25) is 9.69 Å². The number of thioether (sulfide) groups is 1. The fraction of sp³-hybridized carbons (Fsp3) is 0.158. The number of halogens is 1. The number of hydrogen-bond acceptors (Lipinski definition) is 4. The summed E-state index contributed by atoms with van der Waals surface area (Å²) in [6.45, 7) is 4.38. The van der Waals surface area contributed by atoms with Crippen LogP contribution in [0.2, 0.25) is 0 Å². The number of anilines is 1. The van der Waals surface area contributed by atoms with Crippen molar-refractivity contribution in [1.29, 1.82) is 0 Å². The minimum absolute atomic E-state index is 0.169. The highest BCUT2D eigenvalue weighted by atomic mass is 32.2. The minimum atomic E-state index is -0.333. The molecule has 0 aliphatic carbocycles. The molecular weight excluding hydrogens is 355 g/mol. The molecule has 2 aromatic rings.